The molecule has 17 nitrogen and oxygen atoms in total. The van der Waals surface area contributed by atoms with Gasteiger partial charge in [-0.15, -0.1) is 0 Å². The summed E-state index contributed by atoms with van der Waals surface area (Å²) in [5.74, 6) is -3.83. The smallest absolute Gasteiger partial charge is 0.328 e. The molecular weight excluding hydrogens is 584 g/mol. The maximum absolute atomic E-state index is 12.4. The number of nitrogens with zero attached hydrogens (tertiary/aromatic N) is 3. The lowest BCUT2D eigenvalue weighted by molar-refractivity contribution is -0.163. The Morgan fingerprint density at radius 3 is 1.77 bits per heavy atom. The van der Waals surface area contributed by atoms with Crippen LogP contribution in [0.15, 0.2) is 11.6 Å². The van der Waals surface area contributed by atoms with Gasteiger partial charge in [-0.25, -0.2) is 20.0 Å². The van der Waals surface area contributed by atoms with Gasteiger partial charge in [0.15, 0.2) is 0 Å². The van der Waals surface area contributed by atoms with E-state index in [1.165, 1.54) is 20.8 Å². The van der Waals surface area contributed by atoms with Crippen molar-refractivity contribution in [2.75, 3.05) is 26.2 Å². The molecule has 0 saturated carbocycles. The SMILES string of the molecule is CC(=O)NC(CCCN(O)C(C)=O)C(=O)OCCC(C)=CC(=O)N(O)CCCC1NC(=O)C(CCCN(O)C(C)=O)NC1=O. The van der Waals surface area contributed by atoms with E-state index in [1.54, 1.807) is 6.92 Å². The van der Waals surface area contributed by atoms with Crippen LogP contribution in [0.3, 0.4) is 0 Å². The number of rotatable bonds is 18. The predicted molar refractivity (Wildman–Crippen MR) is 150 cm³/mol. The van der Waals surface area contributed by atoms with E-state index >= 15 is 0 Å². The standard InChI is InChI=1S/C27H44N6O11/c1-17(11-15-44-27(40)23(28-18(2)34)10-7-13-32(42)20(4)36)16-24(37)33(43)14-6-9-22-26(39)29-21(25(38)30-22)8-5-12-31(41)19(3)35/h16,21-23,41-43H,5-15H2,1-4H3,(H,28,34)(H,29,39)(H,30,38). The molecule has 1 fully saturated rings. The molecule has 44 heavy (non-hydrogen) atoms. The van der Waals surface area contributed by atoms with Gasteiger partial charge in [0.05, 0.1) is 6.61 Å². The van der Waals surface area contributed by atoms with Gasteiger partial charge in [-0.3, -0.25) is 44.4 Å². The number of hydrogen-bond acceptors (Lipinski definition) is 11. The summed E-state index contributed by atoms with van der Waals surface area (Å²) in [6.07, 6.45) is 2.53. The van der Waals surface area contributed by atoms with Crippen LogP contribution in [0.2, 0.25) is 0 Å². The number of amides is 6. The molecule has 0 aromatic rings. The highest BCUT2D eigenvalue weighted by Gasteiger charge is 2.33. The zero-order chi connectivity index (χ0) is 33.4. The fourth-order valence-corrected chi connectivity index (χ4v) is 4.11. The largest absolute Gasteiger partial charge is 0.464 e. The Hall–Kier alpha value is -4.09. The Balaban J connectivity index is 2.43. The van der Waals surface area contributed by atoms with Crippen LogP contribution in [0.5, 0.6) is 0 Å². The molecule has 6 N–H and O–H groups in total. The Morgan fingerprint density at radius 2 is 1.30 bits per heavy atom. The summed E-state index contributed by atoms with van der Waals surface area (Å²) in [6, 6.07) is -2.64. The number of ether oxygens (including phenoxy) is 1. The van der Waals surface area contributed by atoms with E-state index in [1.807, 2.05) is 0 Å². The summed E-state index contributed by atoms with van der Waals surface area (Å²) in [5, 5.41) is 38.1. The summed E-state index contributed by atoms with van der Waals surface area (Å²) in [6.45, 7) is 4.97. The van der Waals surface area contributed by atoms with Crippen molar-refractivity contribution in [2.24, 2.45) is 0 Å². The molecule has 0 aromatic heterocycles. The van der Waals surface area contributed by atoms with Crippen molar-refractivity contribution in [3.63, 3.8) is 0 Å². The number of esters is 1. The first-order valence-corrected chi connectivity index (χ1v) is 14.3. The molecule has 1 saturated heterocycles. The fraction of sp³-hybridized carbons (Fsp3) is 0.667. The summed E-state index contributed by atoms with van der Waals surface area (Å²) >= 11 is 0. The van der Waals surface area contributed by atoms with Crippen molar-refractivity contribution in [3.8, 4) is 0 Å². The minimum Gasteiger partial charge on any atom is -0.464 e. The van der Waals surface area contributed by atoms with E-state index < -0.39 is 59.5 Å². The summed E-state index contributed by atoms with van der Waals surface area (Å²) in [5.41, 5.74) is 0.493. The van der Waals surface area contributed by atoms with E-state index in [2.05, 4.69) is 16.0 Å². The molecule has 0 aliphatic carbocycles. The van der Waals surface area contributed by atoms with Gasteiger partial charge in [0.1, 0.15) is 18.1 Å². The Morgan fingerprint density at radius 1 is 0.818 bits per heavy atom. The van der Waals surface area contributed by atoms with Gasteiger partial charge in [0, 0.05) is 52.9 Å². The second-order valence-corrected chi connectivity index (χ2v) is 10.5. The molecule has 1 heterocycles. The van der Waals surface area contributed by atoms with E-state index in [4.69, 9.17) is 4.74 Å². The molecule has 0 spiro atoms. The molecule has 0 bridgehead atoms. The molecule has 0 radical (unpaired) electrons. The quantitative estimate of drug-likeness (QED) is 0.0485. The van der Waals surface area contributed by atoms with Gasteiger partial charge in [0.2, 0.25) is 29.5 Å². The third kappa shape index (κ3) is 14.4. The maximum atomic E-state index is 12.4. The van der Waals surface area contributed by atoms with Crippen LogP contribution in [0, 0.1) is 0 Å². The first-order chi connectivity index (χ1) is 20.6. The minimum atomic E-state index is -0.987. The molecule has 1 rings (SSSR count). The Kier molecular flexibility index (Phi) is 16.6. The zero-order valence-electron chi connectivity index (χ0n) is 25.5. The highest BCUT2D eigenvalue weighted by Crippen LogP contribution is 2.10. The average Bonchev–Trinajstić information content (AvgIpc) is 2.93. The first-order valence-electron chi connectivity index (χ1n) is 14.3. The van der Waals surface area contributed by atoms with E-state index in [-0.39, 0.29) is 64.8 Å². The van der Waals surface area contributed by atoms with Crippen molar-refractivity contribution in [2.45, 2.75) is 90.8 Å². The third-order valence-electron chi connectivity index (χ3n) is 6.61. The first kappa shape index (κ1) is 37.9. The molecule has 3 atom stereocenters. The molecule has 17 heteroatoms. The monoisotopic (exact) mass is 628 g/mol. The van der Waals surface area contributed by atoms with Crippen LogP contribution in [0.4, 0.5) is 0 Å². The van der Waals surface area contributed by atoms with Crippen LogP contribution in [0.25, 0.3) is 0 Å². The van der Waals surface area contributed by atoms with Crippen molar-refractivity contribution in [1.82, 2.24) is 31.1 Å². The van der Waals surface area contributed by atoms with E-state index in [9.17, 15) is 49.2 Å². The number of piperazine rings is 1. The van der Waals surface area contributed by atoms with Gasteiger partial charge < -0.3 is 20.7 Å². The Bertz CT molecular complexity index is 1080. The predicted octanol–water partition coefficient (Wildman–Crippen LogP) is -0.612. The summed E-state index contributed by atoms with van der Waals surface area (Å²) in [4.78, 5) is 83.0. The molecule has 1 aliphatic heterocycles. The number of hydroxylamine groups is 6. The van der Waals surface area contributed by atoms with E-state index in [0.29, 0.717) is 27.2 Å². The maximum Gasteiger partial charge on any atom is 0.328 e. The molecule has 6 amide bonds. The van der Waals surface area contributed by atoms with Gasteiger partial charge in [-0.1, -0.05) is 5.57 Å². The van der Waals surface area contributed by atoms with Gasteiger partial charge in [-0.2, -0.15) is 0 Å². The van der Waals surface area contributed by atoms with E-state index in [0.717, 1.165) is 6.08 Å². The highest BCUT2D eigenvalue weighted by atomic mass is 16.5. The van der Waals surface area contributed by atoms with Crippen LogP contribution < -0.4 is 16.0 Å². The molecule has 248 valence electrons. The van der Waals surface area contributed by atoms with Gasteiger partial charge >= 0.3 is 5.97 Å². The Labute approximate surface area is 255 Å². The number of hydrogen-bond donors (Lipinski definition) is 6. The van der Waals surface area contributed by atoms with Crippen LogP contribution >= 0.6 is 0 Å². The average molecular weight is 629 g/mol. The highest BCUT2D eigenvalue weighted by molar-refractivity contribution is 5.96. The molecule has 0 aromatic carbocycles. The second-order valence-electron chi connectivity index (χ2n) is 10.5. The molecular formula is C27H44N6O11. The number of carbonyl (C=O) groups is 7. The van der Waals surface area contributed by atoms with Crippen molar-refractivity contribution >= 4 is 41.4 Å². The van der Waals surface area contributed by atoms with Gasteiger partial charge in [0.25, 0.3) is 5.91 Å². The van der Waals surface area contributed by atoms with Crippen LogP contribution in [0.1, 0.15) is 72.6 Å². The van der Waals surface area contributed by atoms with Crippen molar-refractivity contribution < 1.29 is 53.9 Å². The number of carbonyl (C=O) groups excluding carboxylic acids is 7. The third-order valence-corrected chi connectivity index (χ3v) is 6.61. The molecule has 3 unspecified atom stereocenters. The van der Waals surface area contributed by atoms with Crippen LogP contribution in [-0.4, -0.2) is 117 Å². The molecule has 1 aliphatic rings. The normalized spacial score (nSPS) is 17.1. The lowest BCUT2D eigenvalue weighted by Gasteiger charge is -2.30. The fourth-order valence-electron chi connectivity index (χ4n) is 4.11. The number of nitrogens with one attached hydrogen (secondary N) is 3. The second kappa shape index (κ2) is 19.2. The van der Waals surface area contributed by atoms with Crippen molar-refractivity contribution in [1.29, 1.82) is 0 Å². The van der Waals surface area contributed by atoms with Crippen molar-refractivity contribution in [3.05, 3.63) is 11.6 Å². The summed E-state index contributed by atoms with van der Waals surface area (Å²) < 4.78 is 5.20. The topological polar surface area (TPSA) is 235 Å². The van der Waals surface area contributed by atoms with Gasteiger partial charge in [-0.05, 0) is 45.4 Å². The lowest BCUT2D eigenvalue weighted by Crippen LogP contribution is -2.61. The lowest BCUT2D eigenvalue weighted by atomic mass is 10.0. The zero-order valence-corrected chi connectivity index (χ0v) is 25.5. The van der Waals surface area contributed by atoms with Crippen LogP contribution in [-0.2, 0) is 38.3 Å². The summed E-state index contributed by atoms with van der Waals surface area (Å²) in [7, 11) is 0. The minimum absolute atomic E-state index is 0.0200.